The average Bonchev–Trinajstić information content (AvgIpc) is 2.64. The van der Waals surface area contributed by atoms with Gasteiger partial charge in [0.2, 0.25) is 0 Å². The number of imidazole rings is 1. The summed E-state index contributed by atoms with van der Waals surface area (Å²) in [4.78, 5) is 16.4. The Bertz CT molecular complexity index is 626. The SMILES string of the molecule is Cc1nc2ccccc2n1CC(N)C(=O)OC(C)(C)C. The summed E-state index contributed by atoms with van der Waals surface area (Å²) >= 11 is 0. The first-order valence-corrected chi connectivity index (χ1v) is 6.68. The zero-order valence-electron chi connectivity index (χ0n) is 12.4. The van der Waals surface area contributed by atoms with Gasteiger partial charge in [0.1, 0.15) is 17.5 Å². The first-order chi connectivity index (χ1) is 9.28. The van der Waals surface area contributed by atoms with Gasteiger partial charge in [-0.1, -0.05) is 12.1 Å². The molecule has 0 aliphatic heterocycles. The van der Waals surface area contributed by atoms with Crippen LogP contribution in [0.5, 0.6) is 0 Å². The van der Waals surface area contributed by atoms with Gasteiger partial charge < -0.3 is 15.0 Å². The first kappa shape index (κ1) is 14.5. The van der Waals surface area contributed by atoms with E-state index in [-0.39, 0.29) is 0 Å². The fourth-order valence-corrected chi connectivity index (χ4v) is 2.08. The largest absolute Gasteiger partial charge is 0.459 e. The molecule has 1 aromatic carbocycles. The van der Waals surface area contributed by atoms with E-state index in [0.29, 0.717) is 6.54 Å². The molecule has 20 heavy (non-hydrogen) atoms. The van der Waals surface area contributed by atoms with Crippen molar-refractivity contribution >= 4 is 17.0 Å². The Labute approximate surface area is 118 Å². The standard InChI is InChI=1S/C15H21N3O2/c1-10-17-12-7-5-6-8-13(12)18(10)9-11(16)14(19)20-15(2,3)4/h5-8,11H,9,16H2,1-4H3. The average molecular weight is 275 g/mol. The molecule has 0 radical (unpaired) electrons. The zero-order valence-corrected chi connectivity index (χ0v) is 12.4. The number of carbonyl (C=O) groups excluding carboxylic acids is 1. The van der Waals surface area contributed by atoms with Gasteiger partial charge in [0.05, 0.1) is 17.6 Å². The summed E-state index contributed by atoms with van der Waals surface area (Å²) in [6.45, 7) is 7.75. The van der Waals surface area contributed by atoms with Crippen LogP contribution in [0.2, 0.25) is 0 Å². The minimum Gasteiger partial charge on any atom is -0.459 e. The molecular formula is C15H21N3O2. The summed E-state index contributed by atoms with van der Waals surface area (Å²) in [6, 6.07) is 7.09. The monoisotopic (exact) mass is 275 g/mol. The van der Waals surface area contributed by atoms with E-state index in [1.165, 1.54) is 0 Å². The fraction of sp³-hybridized carbons (Fsp3) is 0.467. The molecule has 0 spiro atoms. The lowest BCUT2D eigenvalue weighted by Gasteiger charge is -2.22. The maximum absolute atomic E-state index is 12.0. The van der Waals surface area contributed by atoms with Gasteiger partial charge in [-0.05, 0) is 39.8 Å². The third-order valence-corrected chi connectivity index (χ3v) is 2.93. The molecule has 5 heteroatoms. The van der Waals surface area contributed by atoms with Crippen LogP contribution in [0, 0.1) is 6.92 Å². The van der Waals surface area contributed by atoms with Crippen molar-refractivity contribution in [1.29, 1.82) is 0 Å². The van der Waals surface area contributed by atoms with Gasteiger partial charge >= 0.3 is 5.97 Å². The van der Waals surface area contributed by atoms with Crippen molar-refractivity contribution in [3.63, 3.8) is 0 Å². The van der Waals surface area contributed by atoms with Gasteiger partial charge in [0.25, 0.3) is 0 Å². The van der Waals surface area contributed by atoms with E-state index in [0.717, 1.165) is 16.9 Å². The number of esters is 1. The van der Waals surface area contributed by atoms with Crippen LogP contribution in [0.1, 0.15) is 26.6 Å². The maximum atomic E-state index is 12.0. The van der Waals surface area contributed by atoms with Crippen LogP contribution in [0.15, 0.2) is 24.3 Å². The molecule has 0 bridgehead atoms. The lowest BCUT2D eigenvalue weighted by Crippen LogP contribution is -2.40. The summed E-state index contributed by atoms with van der Waals surface area (Å²) in [6.07, 6.45) is 0. The second-order valence-electron chi connectivity index (χ2n) is 5.90. The minimum atomic E-state index is -0.703. The number of rotatable bonds is 3. The molecule has 5 nitrogen and oxygen atoms in total. The minimum absolute atomic E-state index is 0.362. The van der Waals surface area contributed by atoms with Gasteiger partial charge in [-0.25, -0.2) is 4.98 Å². The predicted molar refractivity (Wildman–Crippen MR) is 78.3 cm³/mol. The number of nitrogens with two attached hydrogens (primary N) is 1. The highest BCUT2D eigenvalue weighted by molar-refractivity contribution is 5.78. The highest BCUT2D eigenvalue weighted by Crippen LogP contribution is 2.16. The van der Waals surface area contributed by atoms with Crippen molar-refractivity contribution in [2.75, 3.05) is 0 Å². The predicted octanol–water partition coefficient (Wildman–Crippen LogP) is 2.01. The summed E-state index contributed by atoms with van der Waals surface area (Å²) in [5.74, 6) is 0.444. The first-order valence-electron chi connectivity index (χ1n) is 6.68. The molecule has 0 fully saturated rings. The third-order valence-electron chi connectivity index (χ3n) is 2.93. The van der Waals surface area contributed by atoms with E-state index in [1.807, 2.05) is 56.5 Å². The third kappa shape index (κ3) is 3.17. The van der Waals surface area contributed by atoms with Crippen LogP contribution in [0.4, 0.5) is 0 Å². The topological polar surface area (TPSA) is 70.1 Å². The molecule has 1 unspecified atom stereocenters. The van der Waals surface area contributed by atoms with Crippen LogP contribution in [0.3, 0.4) is 0 Å². The highest BCUT2D eigenvalue weighted by atomic mass is 16.6. The summed E-state index contributed by atoms with van der Waals surface area (Å²) < 4.78 is 7.25. The Balaban J connectivity index is 2.20. The van der Waals surface area contributed by atoms with E-state index in [9.17, 15) is 4.79 Å². The molecular weight excluding hydrogens is 254 g/mol. The quantitative estimate of drug-likeness (QED) is 0.870. The van der Waals surface area contributed by atoms with Crippen molar-refractivity contribution in [2.24, 2.45) is 5.73 Å². The van der Waals surface area contributed by atoms with Crippen molar-refractivity contribution in [2.45, 2.75) is 45.9 Å². The molecule has 1 atom stereocenters. The lowest BCUT2D eigenvalue weighted by atomic mass is 10.2. The Kier molecular flexibility index (Phi) is 3.81. The fourth-order valence-electron chi connectivity index (χ4n) is 2.08. The van der Waals surface area contributed by atoms with Crippen LogP contribution in [0.25, 0.3) is 11.0 Å². The van der Waals surface area contributed by atoms with Gasteiger partial charge in [0, 0.05) is 0 Å². The molecule has 2 aromatic rings. The molecule has 0 saturated carbocycles. The molecule has 0 aliphatic carbocycles. The van der Waals surface area contributed by atoms with Crippen molar-refractivity contribution in [3.05, 3.63) is 30.1 Å². The van der Waals surface area contributed by atoms with Crippen molar-refractivity contribution in [1.82, 2.24) is 9.55 Å². The normalized spacial score (nSPS) is 13.4. The van der Waals surface area contributed by atoms with Gasteiger partial charge in [0.15, 0.2) is 0 Å². The van der Waals surface area contributed by atoms with E-state index >= 15 is 0 Å². The number of hydrogen-bond donors (Lipinski definition) is 1. The Morgan fingerprint density at radius 1 is 1.40 bits per heavy atom. The van der Waals surface area contributed by atoms with Gasteiger partial charge in [-0.15, -0.1) is 0 Å². The lowest BCUT2D eigenvalue weighted by molar-refractivity contribution is -0.156. The van der Waals surface area contributed by atoms with E-state index < -0.39 is 17.6 Å². The summed E-state index contributed by atoms with van der Waals surface area (Å²) in [7, 11) is 0. The molecule has 1 aromatic heterocycles. The number of fused-ring (bicyclic) bond motifs is 1. The maximum Gasteiger partial charge on any atom is 0.325 e. The number of carbonyl (C=O) groups is 1. The van der Waals surface area contributed by atoms with Gasteiger partial charge in [-0.3, -0.25) is 4.79 Å². The Hall–Kier alpha value is -1.88. The zero-order chi connectivity index (χ0) is 14.9. The number of nitrogens with zero attached hydrogens (tertiary/aromatic N) is 2. The van der Waals surface area contributed by atoms with Crippen molar-refractivity contribution in [3.8, 4) is 0 Å². The molecule has 2 N–H and O–H groups in total. The number of aryl methyl sites for hydroxylation is 1. The van der Waals surface area contributed by atoms with E-state index in [4.69, 9.17) is 10.5 Å². The second kappa shape index (κ2) is 5.25. The molecule has 108 valence electrons. The summed E-state index contributed by atoms with van der Waals surface area (Å²) in [5, 5.41) is 0. The van der Waals surface area contributed by atoms with Crippen LogP contribution in [-0.4, -0.2) is 27.2 Å². The molecule has 0 amide bonds. The second-order valence-corrected chi connectivity index (χ2v) is 5.90. The van der Waals surface area contributed by atoms with Crippen molar-refractivity contribution < 1.29 is 9.53 Å². The van der Waals surface area contributed by atoms with Crippen LogP contribution < -0.4 is 5.73 Å². The highest BCUT2D eigenvalue weighted by Gasteiger charge is 2.23. The van der Waals surface area contributed by atoms with E-state index in [2.05, 4.69) is 4.98 Å². The Morgan fingerprint density at radius 3 is 2.70 bits per heavy atom. The number of aromatic nitrogens is 2. The number of ether oxygens (including phenoxy) is 1. The van der Waals surface area contributed by atoms with Crippen LogP contribution >= 0.6 is 0 Å². The Morgan fingerprint density at radius 2 is 2.05 bits per heavy atom. The molecule has 1 heterocycles. The number of para-hydroxylation sites is 2. The number of benzene rings is 1. The molecule has 0 saturated heterocycles. The van der Waals surface area contributed by atoms with E-state index in [1.54, 1.807) is 0 Å². The molecule has 0 aliphatic rings. The number of hydrogen-bond acceptors (Lipinski definition) is 4. The summed E-state index contributed by atoms with van der Waals surface area (Å²) in [5.41, 5.74) is 7.31. The van der Waals surface area contributed by atoms with Crippen LogP contribution in [-0.2, 0) is 16.1 Å². The smallest absolute Gasteiger partial charge is 0.325 e. The van der Waals surface area contributed by atoms with Gasteiger partial charge in [-0.2, -0.15) is 0 Å². The molecule has 2 rings (SSSR count).